The smallest absolute Gasteiger partial charge is 0.135 e. The van der Waals surface area contributed by atoms with Crippen LogP contribution in [0.5, 0.6) is 0 Å². The summed E-state index contributed by atoms with van der Waals surface area (Å²) in [4.78, 5) is 0. The summed E-state index contributed by atoms with van der Waals surface area (Å²) in [5.41, 5.74) is 13.1. The van der Waals surface area contributed by atoms with E-state index in [0.717, 1.165) is 27.2 Å². The van der Waals surface area contributed by atoms with Crippen LogP contribution >= 0.6 is 0 Å². The van der Waals surface area contributed by atoms with Gasteiger partial charge in [0.05, 0.1) is 0 Å². The molecule has 1 aromatic heterocycles. The number of fused-ring (bicyclic) bond motifs is 2. The van der Waals surface area contributed by atoms with Gasteiger partial charge in [-0.1, -0.05) is 93.8 Å². The van der Waals surface area contributed by atoms with Gasteiger partial charge in [0, 0.05) is 16.0 Å². The van der Waals surface area contributed by atoms with E-state index in [1.165, 1.54) is 44.5 Å². The van der Waals surface area contributed by atoms with Crippen molar-refractivity contribution >= 4 is 28.2 Å². The second-order valence-electron chi connectivity index (χ2n) is 10.3. The molecule has 0 atom stereocenters. The largest absolute Gasteiger partial charge is 0.456 e. The Balaban J connectivity index is 1.53. The minimum atomic E-state index is -0.0397. The number of furan rings is 1. The Bertz CT molecular complexity index is 1730. The molecular weight excluding hydrogens is 448 g/mol. The molecule has 0 aliphatic heterocycles. The van der Waals surface area contributed by atoms with E-state index in [9.17, 15) is 0 Å². The van der Waals surface area contributed by atoms with E-state index in [1.54, 1.807) is 0 Å². The second-order valence-corrected chi connectivity index (χ2v) is 10.3. The minimum Gasteiger partial charge on any atom is -0.456 e. The molecule has 0 N–H and O–H groups in total. The molecule has 0 fully saturated rings. The zero-order valence-corrected chi connectivity index (χ0v) is 22.5. The average Bonchev–Trinajstić information content (AvgIpc) is 3.38. The number of rotatable bonds is 5. The highest BCUT2D eigenvalue weighted by Gasteiger charge is 2.34. The number of hydrogen-bond acceptors (Lipinski definition) is 1. The summed E-state index contributed by atoms with van der Waals surface area (Å²) in [5, 5.41) is 2.25. The Hall–Kier alpha value is -4.10. The van der Waals surface area contributed by atoms with Crippen LogP contribution in [0.3, 0.4) is 0 Å². The zero-order chi connectivity index (χ0) is 26.3. The molecule has 1 nitrogen and oxygen atoms in total. The molecule has 1 aliphatic carbocycles. The number of hydrogen-bond donors (Lipinski definition) is 0. The molecule has 4 aromatic rings. The summed E-state index contributed by atoms with van der Waals surface area (Å²) >= 11 is 0. The highest BCUT2D eigenvalue weighted by atomic mass is 16.3. The average molecular weight is 483 g/mol. The number of benzene rings is 3. The maximum atomic E-state index is 6.09. The maximum Gasteiger partial charge on any atom is 0.135 e. The molecule has 0 saturated carbocycles. The highest BCUT2D eigenvalue weighted by Crippen LogP contribution is 2.47. The Morgan fingerprint density at radius 3 is 2.11 bits per heavy atom. The molecular formula is C36H34O. The fourth-order valence-electron chi connectivity index (χ4n) is 5.69. The van der Waals surface area contributed by atoms with Crippen molar-refractivity contribution in [3.05, 3.63) is 125 Å². The third-order valence-corrected chi connectivity index (χ3v) is 7.80. The summed E-state index contributed by atoms with van der Waals surface area (Å²) in [5.74, 6) is 0. The van der Waals surface area contributed by atoms with Crippen molar-refractivity contribution in [2.75, 3.05) is 0 Å². The van der Waals surface area contributed by atoms with Gasteiger partial charge in [-0.25, -0.2) is 0 Å². The third kappa shape index (κ3) is 4.05. The van der Waals surface area contributed by atoms with Crippen LogP contribution < -0.4 is 10.6 Å². The van der Waals surface area contributed by atoms with Crippen molar-refractivity contribution in [2.45, 2.75) is 40.0 Å². The molecule has 0 saturated heterocycles. The van der Waals surface area contributed by atoms with Crippen LogP contribution in [0.4, 0.5) is 0 Å². The van der Waals surface area contributed by atoms with Gasteiger partial charge in [0.25, 0.3) is 0 Å². The van der Waals surface area contributed by atoms with Crippen LogP contribution in [0.25, 0.3) is 50.4 Å². The van der Waals surface area contributed by atoms with Gasteiger partial charge in [-0.15, -0.1) is 0 Å². The van der Waals surface area contributed by atoms with Gasteiger partial charge in [0.2, 0.25) is 0 Å². The van der Waals surface area contributed by atoms with E-state index in [-0.39, 0.29) is 5.41 Å². The summed E-state index contributed by atoms with van der Waals surface area (Å²) in [7, 11) is 0. The summed E-state index contributed by atoms with van der Waals surface area (Å²) in [6.07, 6.45) is 10.00. The molecule has 37 heavy (non-hydrogen) atoms. The quantitative estimate of drug-likeness (QED) is 0.259. The van der Waals surface area contributed by atoms with Crippen molar-refractivity contribution in [1.29, 1.82) is 0 Å². The molecule has 1 heterocycles. The Labute approximate surface area is 220 Å². The first kappa shape index (κ1) is 24.6. The van der Waals surface area contributed by atoms with Gasteiger partial charge < -0.3 is 4.42 Å². The van der Waals surface area contributed by atoms with Crippen molar-refractivity contribution in [1.82, 2.24) is 0 Å². The predicted molar refractivity (Wildman–Crippen MR) is 161 cm³/mol. The maximum absolute atomic E-state index is 6.09. The van der Waals surface area contributed by atoms with Crippen LogP contribution in [0.1, 0.15) is 45.7 Å². The molecule has 0 spiro atoms. The lowest BCUT2D eigenvalue weighted by Crippen LogP contribution is -2.21. The van der Waals surface area contributed by atoms with Gasteiger partial charge in [-0.05, 0) is 95.1 Å². The van der Waals surface area contributed by atoms with E-state index < -0.39 is 0 Å². The summed E-state index contributed by atoms with van der Waals surface area (Å²) in [6.45, 7) is 18.7. The molecule has 0 amide bonds. The van der Waals surface area contributed by atoms with Crippen LogP contribution in [0, 0.1) is 0 Å². The third-order valence-electron chi connectivity index (χ3n) is 7.80. The predicted octanol–water partition coefficient (Wildman–Crippen LogP) is 8.73. The topological polar surface area (TPSA) is 13.1 Å². The Kier molecular flexibility index (Phi) is 6.25. The molecule has 1 aliphatic rings. The molecule has 1 heteroatoms. The van der Waals surface area contributed by atoms with Gasteiger partial charge in [-0.2, -0.15) is 0 Å². The lowest BCUT2D eigenvalue weighted by Gasteiger charge is -2.23. The van der Waals surface area contributed by atoms with E-state index in [2.05, 4.69) is 108 Å². The van der Waals surface area contributed by atoms with Crippen molar-refractivity contribution in [3.63, 3.8) is 0 Å². The van der Waals surface area contributed by atoms with E-state index in [4.69, 9.17) is 4.42 Å². The molecule has 3 aromatic carbocycles. The fourth-order valence-corrected chi connectivity index (χ4v) is 5.69. The lowest BCUT2D eigenvalue weighted by atomic mass is 9.80. The van der Waals surface area contributed by atoms with Gasteiger partial charge in [-0.3, -0.25) is 0 Å². The van der Waals surface area contributed by atoms with Gasteiger partial charge in [0.15, 0.2) is 0 Å². The second kappa shape index (κ2) is 9.41. The Morgan fingerprint density at radius 2 is 1.49 bits per heavy atom. The highest BCUT2D eigenvalue weighted by molar-refractivity contribution is 5.87. The van der Waals surface area contributed by atoms with Gasteiger partial charge >= 0.3 is 0 Å². The lowest BCUT2D eigenvalue weighted by molar-refractivity contribution is 0.574. The summed E-state index contributed by atoms with van der Waals surface area (Å²) < 4.78 is 6.09. The van der Waals surface area contributed by atoms with Crippen molar-refractivity contribution in [2.24, 2.45) is 0 Å². The molecule has 0 bridgehead atoms. The van der Waals surface area contributed by atoms with Gasteiger partial charge in [0.1, 0.15) is 11.0 Å². The van der Waals surface area contributed by atoms with E-state index in [0.29, 0.717) is 0 Å². The molecule has 0 unspecified atom stereocenters. The van der Waals surface area contributed by atoms with Crippen molar-refractivity contribution in [3.8, 4) is 22.3 Å². The van der Waals surface area contributed by atoms with Crippen LogP contribution in [-0.2, 0) is 5.41 Å². The van der Waals surface area contributed by atoms with Crippen LogP contribution in [0.15, 0.2) is 108 Å². The van der Waals surface area contributed by atoms with E-state index >= 15 is 0 Å². The first-order chi connectivity index (χ1) is 17.8. The monoisotopic (exact) mass is 482 g/mol. The van der Waals surface area contributed by atoms with Crippen LogP contribution in [0.2, 0.25) is 0 Å². The van der Waals surface area contributed by atoms with Crippen molar-refractivity contribution < 1.29 is 4.42 Å². The standard InChI is InChI=1S/C36H34O/c1-8-11-12-31-24(5)29-19-17-28(22-32(29)36(31,6)7)26-15-13-25(14-16-26)27-18-20-34-30(21-27)35(23(4)9-2)33(10-3)37-34/h8-22H,1-2H2,3-7H3/b12-11-,33-10+,35-23-. The number of allylic oxidation sites excluding steroid dienone is 6. The molecule has 5 rings (SSSR count). The zero-order valence-electron chi connectivity index (χ0n) is 22.5. The molecule has 184 valence electrons. The molecule has 0 radical (unpaired) electrons. The fraction of sp³-hybridized carbons (Fsp3) is 0.167. The summed E-state index contributed by atoms with van der Waals surface area (Å²) in [6, 6.07) is 22.2. The van der Waals surface area contributed by atoms with Crippen LogP contribution in [-0.4, -0.2) is 0 Å². The first-order valence-electron chi connectivity index (χ1n) is 12.9. The van der Waals surface area contributed by atoms with E-state index in [1.807, 2.05) is 31.2 Å². The normalized spacial score (nSPS) is 16.0. The Morgan fingerprint density at radius 1 is 0.865 bits per heavy atom. The first-order valence-corrected chi connectivity index (χ1v) is 12.9. The minimum absolute atomic E-state index is 0.0397. The SMILES string of the molecule is C=C/C=C\C1=C(C)c2ccc(-c3ccc(-c4ccc5oc(=C/C)/c(=C(/C)C=C)c5c4)cc3)cc2C1(C)C.